The summed E-state index contributed by atoms with van der Waals surface area (Å²) in [6, 6.07) is 15.9. The van der Waals surface area contributed by atoms with Crippen molar-refractivity contribution in [3.63, 3.8) is 0 Å². The van der Waals surface area contributed by atoms with E-state index in [1.165, 1.54) is 30.5 Å². The van der Waals surface area contributed by atoms with Gasteiger partial charge in [0.15, 0.2) is 0 Å². The largest absolute Gasteiger partial charge is 0.445 e. The zero-order valence-corrected chi connectivity index (χ0v) is 19.4. The molecular formula is C26H22F4N4O2. The van der Waals surface area contributed by atoms with Crippen LogP contribution in [0.1, 0.15) is 29.9 Å². The fourth-order valence-corrected chi connectivity index (χ4v) is 3.83. The lowest BCUT2D eigenvalue weighted by Gasteiger charge is -2.15. The summed E-state index contributed by atoms with van der Waals surface area (Å²) in [6.45, 7) is 1.73. The molecule has 36 heavy (non-hydrogen) atoms. The van der Waals surface area contributed by atoms with Gasteiger partial charge in [0.25, 0.3) is 0 Å². The monoisotopic (exact) mass is 498 g/mol. The van der Waals surface area contributed by atoms with Gasteiger partial charge in [0.05, 0.1) is 23.0 Å². The number of alkyl carbamates (subject to hydrolysis) is 1. The first-order valence-electron chi connectivity index (χ1n) is 11.0. The Balaban J connectivity index is 1.68. The molecule has 4 rings (SSSR count). The number of imidazole rings is 1. The van der Waals surface area contributed by atoms with E-state index in [-0.39, 0.29) is 17.9 Å². The van der Waals surface area contributed by atoms with E-state index in [2.05, 4.69) is 15.3 Å². The van der Waals surface area contributed by atoms with Gasteiger partial charge in [-0.15, -0.1) is 0 Å². The van der Waals surface area contributed by atoms with Crippen molar-refractivity contribution in [1.82, 2.24) is 19.9 Å². The summed E-state index contributed by atoms with van der Waals surface area (Å²) in [5, 5.41) is 2.69. The number of carbonyl (C=O) groups excluding carboxylic acids is 1. The van der Waals surface area contributed by atoms with E-state index < -0.39 is 29.8 Å². The van der Waals surface area contributed by atoms with Crippen LogP contribution in [0, 0.1) is 5.95 Å². The Morgan fingerprint density at radius 2 is 1.81 bits per heavy atom. The fraction of sp³-hybridized carbons (Fsp3) is 0.192. The molecule has 0 aliphatic carbocycles. The first kappa shape index (κ1) is 24.9. The van der Waals surface area contributed by atoms with Gasteiger partial charge in [0.2, 0.25) is 5.95 Å². The second-order valence-corrected chi connectivity index (χ2v) is 8.10. The molecule has 1 N–H and O–H groups in total. The highest BCUT2D eigenvalue weighted by molar-refractivity contribution is 5.79. The molecule has 0 aliphatic rings. The number of rotatable bonds is 6. The number of benzene rings is 2. The molecule has 1 atom stereocenters. The van der Waals surface area contributed by atoms with Crippen molar-refractivity contribution in [2.24, 2.45) is 7.05 Å². The maximum absolute atomic E-state index is 13.9. The SMILES string of the molecule is C[C@H](NC(=O)OCc1ccccc1)c1nc(-c2cccc(C(F)(F)F)c2)c(-c2ccnc(F)c2)n1C. The molecule has 4 aromatic rings. The average molecular weight is 498 g/mol. The molecule has 0 spiro atoms. The molecule has 0 radical (unpaired) electrons. The molecule has 1 amide bonds. The third-order valence-corrected chi connectivity index (χ3v) is 5.53. The zero-order chi connectivity index (χ0) is 25.9. The minimum atomic E-state index is -4.55. The lowest BCUT2D eigenvalue weighted by Crippen LogP contribution is -2.29. The highest BCUT2D eigenvalue weighted by atomic mass is 19.4. The highest BCUT2D eigenvalue weighted by Gasteiger charge is 2.31. The number of hydrogen-bond donors (Lipinski definition) is 1. The summed E-state index contributed by atoms with van der Waals surface area (Å²) in [6.07, 6.45) is -3.98. The Bertz CT molecular complexity index is 1370. The van der Waals surface area contributed by atoms with E-state index in [1.807, 2.05) is 30.3 Å². The molecule has 2 aromatic carbocycles. The van der Waals surface area contributed by atoms with Gasteiger partial charge in [0.1, 0.15) is 12.4 Å². The molecule has 0 saturated heterocycles. The number of amides is 1. The Labute approximate surface area is 204 Å². The van der Waals surface area contributed by atoms with Crippen LogP contribution < -0.4 is 5.32 Å². The maximum atomic E-state index is 13.9. The predicted octanol–water partition coefficient (Wildman–Crippen LogP) is 6.29. The highest BCUT2D eigenvalue weighted by Crippen LogP contribution is 2.37. The van der Waals surface area contributed by atoms with Gasteiger partial charge in [0, 0.05) is 30.4 Å². The predicted molar refractivity (Wildman–Crippen MR) is 125 cm³/mol. The average Bonchev–Trinajstić information content (AvgIpc) is 3.20. The van der Waals surface area contributed by atoms with Gasteiger partial charge >= 0.3 is 12.3 Å². The number of alkyl halides is 3. The van der Waals surface area contributed by atoms with Crippen molar-refractivity contribution < 1.29 is 27.1 Å². The number of carbonyl (C=O) groups is 1. The lowest BCUT2D eigenvalue weighted by molar-refractivity contribution is -0.137. The van der Waals surface area contributed by atoms with E-state index in [1.54, 1.807) is 18.5 Å². The van der Waals surface area contributed by atoms with Gasteiger partial charge in [-0.1, -0.05) is 42.5 Å². The third-order valence-electron chi connectivity index (χ3n) is 5.53. The zero-order valence-electron chi connectivity index (χ0n) is 19.4. The summed E-state index contributed by atoms with van der Waals surface area (Å²) in [5.41, 5.74) is 1.11. The van der Waals surface area contributed by atoms with Crippen LogP contribution in [-0.4, -0.2) is 20.6 Å². The van der Waals surface area contributed by atoms with E-state index in [0.717, 1.165) is 17.7 Å². The number of nitrogens with one attached hydrogen (secondary N) is 1. The Kier molecular flexibility index (Phi) is 7.05. The molecule has 0 aliphatic heterocycles. The van der Waals surface area contributed by atoms with Crippen molar-refractivity contribution in [2.45, 2.75) is 25.7 Å². The smallest absolute Gasteiger partial charge is 0.416 e. The number of halogens is 4. The standard InChI is InChI=1S/C26H22F4N4O2/c1-16(32-25(35)36-15-17-7-4-3-5-8-17)24-33-22(18-9-6-10-20(13-18)26(28,29)30)23(34(24)2)19-11-12-31-21(27)14-19/h3-14,16H,15H2,1-2H3,(H,32,35)/t16-/m0/s1. The van der Waals surface area contributed by atoms with Crippen LogP contribution in [0.15, 0.2) is 72.9 Å². The number of nitrogens with zero attached hydrogens (tertiary/aromatic N) is 3. The molecule has 10 heteroatoms. The normalized spacial score (nSPS) is 12.3. The van der Waals surface area contributed by atoms with Crippen LogP contribution in [0.4, 0.5) is 22.4 Å². The molecule has 0 fully saturated rings. The molecule has 0 bridgehead atoms. The molecule has 6 nitrogen and oxygen atoms in total. The second kappa shape index (κ2) is 10.2. The number of aromatic nitrogens is 3. The van der Waals surface area contributed by atoms with Crippen LogP contribution >= 0.6 is 0 Å². The molecule has 2 aromatic heterocycles. The first-order valence-corrected chi connectivity index (χ1v) is 11.0. The maximum Gasteiger partial charge on any atom is 0.416 e. The van der Waals surface area contributed by atoms with Crippen molar-refractivity contribution >= 4 is 6.09 Å². The second-order valence-electron chi connectivity index (χ2n) is 8.10. The van der Waals surface area contributed by atoms with Crippen LogP contribution in [0.3, 0.4) is 0 Å². The summed E-state index contributed by atoms with van der Waals surface area (Å²) in [4.78, 5) is 20.5. The molecule has 0 unspecified atom stereocenters. The van der Waals surface area contributed by atoms with Crippen molar-refractivity contribution in [2.75, 3.05) is 0 Å². The number of hydrogen-bond acceptors (Lipinski definition) is 4. The van der Waals surface area contributed by atoms with E-state index in [0.29, 0.717) is 17.1 Å². The topological polar surface area (TPSA) is 69.0 Å². The molecular weight excluding hydrogens is 476 g/mol. The van der Waals surface area contributed by atoms with Gasteiger partial charge < -0.3 is 14.6 Å². The fourth-order valence-electron chi connectivity index (χ4n) is 3.83. The molecule has 2 heterocycles. The van der Waals surface area contributed by atoms with Crippen LogP contribution in [-0.2, 0) is 24.6 Å². The number of pyridine rings is 1. The summed E-state index contributed by atoms with van der Waals surface area (Å²) in [5.74, 6) is -0.410. The molecule has 186 valence electrons. The lowest BCUT2D eigenvalue weighted by atomic mass is 10.0. The summed E-state index contributed by atoms with van der Waals surface area (Å²) in [7, 11) is 1.64. The summed E-state index contributed by atoms with van der Waals surface area (Å²) >= 11 is 0. The Hall–Kier alpha value is -4.21. The minimum Gasteiger partial charge on any atom is -0.445 e. The van der Waals surface area contributed by atoms with E-state index >= 15 is 0 Å². The van der Waals surface area contributed by atoms with Gasteiger partial charge in [-0.05, 0) is 30.7 Å². The third kappa shape index (κ3) is 5.54. The van der Waals surface area contributed by atoms with Crippen LogP contribution in [0.5, 0.6) is 0 Å². The Morgan fingerprint density at radius 1 is 1.06 bits per heavy atom. The van der Waals surface area contributed by atoms with E-state index in [4.69, 9.17) is 4.74 Å². The van der Waals surface area contributed by atoms with Gasteiger partial charge in [-0.3, -0.25) is 0 Å². The minimum absolute atomic E-state index is 0.0665. The first-order chi connectivity index (χ1) is 17.1. The van der Waals surface area contributed by atoms with Gasteiger partial charge in [-0.2, -0.15) is 17.6 Å². The van der Waals surface area contributed by atoms with Gasteiger partial charge in [-0.25, -0.2) is 14.8 Å². The Morgan fingerprint density at radius 3 is 2.50 bits per heavy atom. The quantitative estimate of drug-likeness (QED) is 0.250. The van der Waals surface area contributed by atoms with Crippen LogP contribution in [0.25, 0.3) is 22.5 Å². The van der Waals surface area contributed by atoms with Crippen LogP contribution in [0.2, 0.25) is 0 Å². The summed E-state index contributed by atoms with van der Waals surface area (Å²) < 4.78 is 60.9. The van der Waals surface area contributed by atoms with Crippen molar-refractivity contribution in [3.05, 3.63) is 95.8 Å². The van der Waals surface area contributed by atoms with Crippen molar-refractivity contribution in [1.29, 1.82) is 0 Å². The molecule has 0 saturated carbocycles. The van der Waals surface area contributed by atoms with E-state index in [9.17, 15) is 22.4 Å². The number of ether oxygens (including phenoxy) is 1. The van der Waals surface area contributed by atoms with Crippen molar-refractivity contribution in [3.8, 4) is 22.5 Å².